The van der Waals surface area contributed by atoms with Crippen LogP contribution >= 0.6 is 23.2 Å². The number of halogens is 2. The summed E-state index contributed by atoms with van der Waals surface area (Å²) in [5, 5.41) is 1.32. The third-order valence-corrected chi connectivity index (χ3v) is 5.14. The molecule has 27 heavy (non-hydrogen) atoms. The summed E-state index contributed by atoms with van der Waals surface area (Å²) in [7, 11) is 1.32. The van der Waals surface area contributed by atoms with E-state index in [0.717, 1.165) is 11.1 Å². The summed E-state index contributed by atoms with van der Waals surface area (Å²) in [4.78, 5) is 27.7. The summed E-state index contributed by atoms with van der Waals surface area (Å²) in [5.41, 5.74) is 2.08. The first-order chi connectivity index (χ1) is 13.0. The standard InChI is InChI=1S/C20H20Cl2N2O3/c1-27-19(26)13-23-10-11-24(12-18(23)25)20(14-2-6-16(21)7-3-14)15-4-8-17(22)9-5-15/h2-9,20H,10-13H2,1H3. The summed E-state index contributed by atoms with van der Waals surface area (Å²) < 4.78 is 4.67. The molecule has 1 amide bonds. The largest absolute Gasteiger partial charge is 0.468 e. The van der Waals surface area contributed by atoms with Gasteiger partial charge < -0.3 is 9.64 Å². The zero-order valence-electron chi connectivity index (χ0n) is 14.9. The highest BCUT2D eigenvalue weighted by Gasteiger charge is 2.31. The van der Waals surface area contributed by atoms with E-state index < -0.39 is 5.97 Å². The molecule has 1 fully saturated rings. The molecule has 1 aliphatic rings. The van der Waals surface area contributed by atoms with Gasteiger partial charge in [-0.15, -0.1) is 0 Å². The minimum Gasteiger partial charge on any atom is -0.468 e. The zero-order chi connectivity index (χ0) is 19.4. The maximum absolute atomic E-state index is 12.6. The number of ether oxygens (including phenoxy) is 1. The van der Waals surface area contributed by atoms with Gasteiger partial charge in [0.05, 0.1) is 19.7 Å². The van der Waals surface area contributed by atoms with Gasteiger partial charge in [0.1, 0.15) is 6.54 Å². The third kappa shape index (κ3) is 4.80. The van der Waals surface area contributed by atoms with E-state index in [4.69, 9.17) is 23.2 Å². The molecule has 0 unspecified atom stereocenters. The molecule has 7 heteroatoms. The first-order valence-corrected chi connectivity index (χ1v) is 9.33. The summed E-state index contributed by atoms with van der Waals surface area (Å²) in [6.07, 6.45) is 0. The lowest BCUT2D eigenvalue weighted by molar-refractivity contribution is -0.149. The molecule has 3 rings (SSSR count). The van der Waals surface area contributed by atoms with Crippen molar-refractivity contribution in [1.29, 1.82) is 0 Å². The van der Waals surface area contributed by atoms with Crippen molar-refractivity contribution in [2.24, 2.45) is 0 Å². The second-order valence-electron chi connectivity index (χ2n) is 6.37. The van der Waals surface area contributed by atoms with Crippen molar-refractivity contribution in [3.63, 3.8) is 0 Å². The summed E-state index contributed by atoms with van der Waals surface area (Å²) >= 11 is 12.1. The highest BCUT2D eigenvalue weighted by atomic mass is 35.5. The van der Waals surface area contributed by atoms with E-state index in [1.807, 2.05) is 48.5 Å². The van der Waals surface area contributed by atoms with Crippen LogP contribution in [0, 0.1) is 0 Å². The molecule has 0 spiro atoms. The predicted molar refractivity (Wildman–Crippen MR) is 105 cm³/mol. The molecule has 0 aromatic heterocycles. The van der Waals surface area contributed by atoms with E-state index in [1.165, 1.54) is 12.0 Å². The number of piperazine rings is 1. The Bertz CT molecular complexity index is 763. The van der Waals surface area contributed by atoms with Crippen LogP contribution in [0.2, 0.25) is 10.0 Å². The number of methoxy groups -OCH3 is 1. The van der Waals surface area contributed by atoms with Crippen LogP contribution in [0.3, 0.4) is 0 Å². The highest BCUT2D eigenvalue weighted by molar-refractivity contribution is 6.30. The number of carbonyl (C=O) groups excluding carboxylic acids is 2. The Balaban J connectivity index is 1.85. The Labute approximate surface area is 168 Å². The second kappa shape index (κ2) is 8.74. The maximum Gasteiger partial charge on any atom is 0.325 e. The zero-order valence-corrected chi connectivity index (χ0v) is 16.4. The van der Waals surface area contributed by atoms with Crippen LogP contribution in [-0.2, 0) is 14.3 Å². The topological polar surface area (TPSA) is 49.9 Å². The van der Waals surface area contributed by atoms with Crippen molar-refractivity contribution >= 4 is 35.1 Å². The summed E-state index contributed by atoms with van der Waals surface area (Å²) in [5.74, 6) is -0.511. The van der Waals surface area contributed by atoms with E-state index in [-0.39, 0.29) is 25.0 Å². The molecule has 1 heterocycles. The maximum atomic E-state index is 12.6. The van der Waals surface area contributed by atoms with Crippen LogP contribution < -0.4 is 0 Å². The van der Waals surface area contributed by atoms with E-state index in [1.54, 1.807) is 0 Å². The van der Waals surface area contributed by atoms with Crippen LogP contribution in [-0.4, -0.2) is 55.0 Å². The van der Waals surface area contributed by atoms with Crippen molar-refractivity contribution in [2.75, 3.05) is 33.3 Å². The number of hydrogen-bond donors (Lipinski definition) is 0. The Kier molecular flexibility index (Phi) is 6.37. The number of amides is 1. The first kappa shape index (κ1) is 19.7. The van der Waals surface area contributed by atoms with Gasteiger partial charge in [0.25, 0.3) is 0 Å². The quantitative estimate of drug-likeness (QED) is 0.713. The fraction of sp³-hybridized carbons (Fsp3) is 0.300. The van der Waals surface area contributed by atoms with Gasteiger partial charge in [0, 0.05) is 23.1 Å². The van der Waals surface area contributed by atoms with E-state index in [9.17, 15) is 9.59 Å². The SMILES string of the molecule is COC(=O)CN1CCN(C(c2ccc(Cl)cc2)c2ccc(Cl)cc2)CC1=O. The lowest BCUT2D eigenvalue weighted by Gasteiger charge is -2.39. The molecular formula is C20H20Cl2N2O3. The molecule has 0 N–H and O–H groups in total. The minimum absolute atomic E-state index is 0.0181. The van der Waals surface area contributed by atoms with Gasteiger partial charge in [-0.2, -0.15) is 0 Å². The van der Waals surface area contributed by atoms with Gasteiger partial charge in [-0.25, -0.2) is 0 Å². The van der Waals surface area contributed by atoms with Crippen molar-refractivity contribution in [2.45, 2.75) is 6.04 Å². The fourth-order valence-electron chi connectivity index (χ4n) is 3.24. The molecule has 1 aliphatic heterocycles. The van der Waals surface area contributed by atoms with Crippen molar-refractivity contribution in [1.82, 2.24) is 9.80 Å². The molecule has 142 valence electrons. The minimum atomic E-state index is -0.413. The fourth-order valence-corrected chi connectivity index (χ4v) is 3.49. The van der Waals surface area contributed by atoms with Crippen LogP contribution in [0.25, 0.3) is 0 Å². The molecule has 2 aromatic rings. The molecule has 2 aromatic carbocycles. The monoisotopic (exact) mass is 406 g/mol. The molecule has 0 atom stereocenters. The van der Waals surface area contributed by atoms with Crippen LogP contribution in [0.5, 0.6) is 0 Å². The summed E-state index contributed by atoms with van der Waals surface area (Å²) in [6.45, 7) is 1.30. The Morgan fingerprint density at radius 1 is 1.00 bits per heavy atom. The summed E-state index contributed by atoms with van der Waals surface area (Å²) in [6, 6.07) is 15.1. The average molecular weight is 407 g/mol. The number of carbonyl (C=O) groups is 2. The highest BCUT2D eigenvalue weighted by Crippen LogP contribution is 2.31. The van der Waals surface area contributed by atoms with E-state index in [2.05, 4.69) is 9.64 Å². The average Bonchev–Trinajstić information content (AvgIpc) is 2.67. The number of benzene rings is 2. The van der Waals surface area contributed by atoms with Gasteiger partial charge in [-0.05, 0) is 35.4 Å². The lowest BCUT2D eigenvalue weighted by atomic mass is 9.96. The third-order valence-electron chi connectivity index (χ3n) is 4.63. The molecule has 0 bridgehead atoms. The lowest BCUT2D eigenvalue weighted by Crippen LogP contribution is -2.52. The van der Waals surface area contributed by atoms with Crippen molar-refractivity contribution in [3.05, 3.63) is 69.7 Å². The molecule has 0 radical (unpaired) electrons. The number of nitrogens with zero attached hydrogens (tertiary/aromatic N) is 2. The van der Waals surface area contributed by atoms with Gasteiger partial charge in [-0.1, -0.05) is 47.5 Å². The van der Waals surface area contributed by atoms with Gasteiger partial charge in [-0.3, -0.25) is 14.5 Å². The van der Waals surface area contributed by atoms with Gasteiger partial charge in [0.15, 0.2) is 0 Å². The van der Waals surface area contributed by atoms with Gasteiger partial charge >= 0.3 is 5.97 Å². The normalized spacial score (nSPS) is 15.3. The van der Waals surface area contributed by atoms with Crippen LogP contribution in [0.15, 0.2) is 48.5 Å². The molecule has 5 nitrogen and oxygen atoms in total. The van der Waals surface area contributed by atoms with Crippen LogP contribution in [0.1, 0.15) is 17.2 Å². The van der Waals surface area contributed by atoms with Crippen molar-refractivity contribution in [3.8, 4) is 0 Å². The number of rotatable bonds is 5. The van der Waals surface area contributed by atoms with E-state index in [0.29, 0.717) is 23.1 Å². The van der Waals surface area contributed by atoms with Crippen molar-refractivity contribution < 1.29 is 14.3 Å². The van der Waals surface area contributed by atoms with Gasteiger partial charge in [0.2, 0.25) is 5.91 Å². The Hall–Kier alpha value is -2.08. The Morgan fingerprint density at radius 2 is 1.52 bits per heavy atom. The number of hydrogen-bond acceptors (Lipinski definition) is 4. The van der Waals surface area contributed by atoms with Crippen LogP contribution in [0.4, 0.5) is 0 Å². The first-order valence-electron chi connectivity index (χ1n) is 8.57. The smallest absolute Gasteiger partial charge is 0.325 e. The number of esters is 1. The molecule has 0 aliphatic carbocycles. The second-order valence-corrected chi connectivity index (χ2v) is 7.24. The molecule has 1 saturated heterocycles. The Morgan fingerprint density at radius 3 is 1.96 bits per heavy atom. The molecule has 0 saturated carbocycles. The molecular weight excluding hydrogens is 387 g/mol. The van der Waals surface area contributed by atoms with E-state index >= 15 is 0 Å². The predicted octanol–water partition coefficient (Wildman–Crippen LogP) is 3.40.